The normalized spacial score (nSPS) is 20.6. The Morgan fingerprint density at radius 3 is 2.64 bits per heavy atom. The number of allylic oxidation sites excluding steroid dienone is 1. The fraction of sp³-hybridized carbons (Fsp3) is 0.389. The van der Waals surface area contributed by atoms with E-state index in [-0.39, 0.29) is 11.9 Å². The molecular formula is C18H21N5O2. The number of anilines is 1. The number of nitrogens with zero attached hydrogens (tertiary/aromatic N) is 5. The van der Waals surface area contributed by atoms with Gasteiger partial charge < -0.3 is 14.5 Å². The van der Waals surface area contributed by atoms with E-state index in [2.05, 4.69) is 10.1 Å². The van der Waals surface area contributed by atoms with E-state index in [9.17, 15) is 4.79 Å². The molecule has 0 bridgehead atoms. The van der Waals surface area contributed by atoms with Crippen LogP contribution in [-0.4, -0.2) is 58.9 Å². The molecule has 1 fully saturated rings. The minimum Gasteiger partial charge on any atom is -0.378 e. The molecule has 7 heteroatoms. The molecule has 3 heterocycles. The summed E-state index contributed by atoms with van der Waals surface area (Å²) < 4.78 is 7.22. The molecule has 2 aliphatic rings. The molecule has 1 aromatic carbocycles. The molecule has 1 atom stereocenters. The Morgan fingerprint density at radius 2 is 1.92 bits per heavy atom. The zero-order valence-corrected chi connectivity index (χ0v) is 14.4. The second-order valence-corrected chi connectivity index (χ2v) is 6.28. The lowest BCUT2D eigenvalue weighted by atomic mass is 9.94. The number of carbonyl (C=O) groups excluding carboxylic acids is 1. The van der Waals surface area contributed by atoms with Gasteiger partial charge in [-0.25, -0.2) is 4.68 Å². The van der Waals surface area contributed by atoms with Crippen molar-refractivity contribution in [3.8, 4) is 0 Å². The molecule has 7 nitrogen and oxygen atoms in total. The standard InChI is InChI=1S/C18H21N5O2/c1-13-15(17(24)22-8-10-25-11-9-22)16(14-6-4-3-5-7-14)23-18(21(13)2)19-12-20-23/h3-7,12,16H,8-11H2,1-2H3. The lowest BCUT2D eigenvalue weighted by Gasteiger charge is -2.36. The van der Waals surface area contributed by atoms with Crippen molar-refractivity contribution in [1.29, 1.82) is 0 Å². The quantitative estimate of drug-likeness (QED) is 0.829. The molecule has 0 spiro atoms. The Balaban J connectivity index is 1.83. The summed E-state index contributed by atoms with van der Waals surface area (Å²) in [7, 11) is 1.92. The van der Waals surface area contributed by atoms with Crippen molar-refractivity contribution in [1.82, 2.24) is 19.7 Å². The van der Waals surface area contributed by atoms with Gasteiger partial charge in [0.15, 0.2) is 0 Å². The smallest absolute Gasteiger partial charge is 0.254 e. The molecule has 2 aliphatic heterocycles. The van der Waals surface area contributed by atoms with Crippen LogP contribution in [0.4, 0.5) is 5.95 Å². The monoisotopic (exact) mass is 339 g/mol. The van der Waals surface area contributed by atoms with Crippen molar-refractivity contribution in [2.75, 3.05) is 38.3 Å². The largest absolute Gasteiger partial charge is 0.378 e. The van der Waals surface area contributed by atoms with Gasteiger partial charge in [0.25, 0.3) is 5.91 Å². The van der Waals surface area contributed by atoms with Crippen molar-refractivity contribution >= 4 is 11.9 Å². The lowest BCUT2D eigenvalue weighted by Crippen LogP contribution is -2.45. The highest BCUT2D eigenvalue weighted by molar-refractivity contribution is 5.97. The lowest BCUT2D eigenvalue weighted by molar-refractivity contribution is -0.131. The molecule has 1 aromatic heterocycles. The van der Waals surface area contributed by atoms with Crippen LogP contribution in [-0.2, 0) is 9.53 Å². The highest BCUT2D eigenvalue weighted by Gasteiger charge is 2.37. The first kappa shape index (κ1) is 15.8. The van der Waals surface area contributed by atoms with E-state index >= 15 is 0 Å². The van der Waals surface area contributed by atoms with Gasteiger partial charge in [-0.05, 0) is 12.5 Å². The Bertz CT molecular complexity index is 808. The summed E-state index contributed by atoms with van der Waals surface area (Å²) in [6.45, 7) is 4.37. The van der Waals surface area contributed by atoms with Crippen LogP contribution < -0.4 is 4.90 Å². The number of ether oxygens (including phenoxy) is 1. The number of rotatable bonds is 2. The second kappa shape index (κ2) is 6.33. The van der Waals surface area contributed by atoms with Gasteiger partial charge in [-0.1, -0.05) is 30.3 Å². The number of amides is 1. The molecule has 0 radical (unpaired) electrons. The van der Waals surface area contributed by atoms with E-state index < -0.39 is 0 Å². The van der Waals surface area contributed by atoms with Crippen LogP contribution in [0.3, 0.4) is 0 Å². The molecule has 1 amide bonds. The first-order valence-corrected chi connectivity index (χ1v) is 8.44. The molecule has 130 valence electrons. The van der Waals surface area contributed by atoms with E-state index in [1.54, 1.807) is 0 Å². The molecule has 0 saturated carbocycles. The summed E-state index contributed by atoms with van der Waals surface area (Å²) in [5.74, 6) is 0.785. The number of hydrogen-bond acceptors (Lipinski definition) is 5. The third-order valence-corrected chi connectivity index (χ3v) is 4.91. The van der Waals surface area contributed by atoms with E-state index in [1.807, 2.05) is 58.8 Å². The zero-order chi connectivity index (χ0) is 17.4. The molecular weight excluding hydrogens is 318 g/mol. The van der Waals surface area contributed by atoms with Gasteiger partial charge in [0.2, 0.25) is 5.95 Å². The van der Waals surface area contributed by atoms with Crippen molar-refractivity contribution in [2.45, 2.75) is 13.0 Å². The number of morpholine rings is 1. The highest BCUT2D eigenvalue weighted by Crippen LogP contribution is 2.37. The summed E-state index contributed by atoms with van der Waals surface area (Å²) in [4.78, 5) is 21.5. The second-order valence-electron chi connectivity index (χ2n) is 6.28. The predicted octanol–water partition coefficient (Wildman–Crippen LogP) is 1.45. The molecule has 2 aromatic rings. The molecule has 25 heavy (non-hydrogen) atoms. The molecule has 4 rings (SSSR count). The van der Waals surface area contributed by atoms with Gasteiger partial charge in [-0.2, -0.15) is 10.1 Å². The van der Waals surface area contributed by atoms with E-state index in [0.717, 1.165) is 22.8 Å². The molecule has 1 saturated heterocycles. The first-order valence-electron chi connectivity index (χ1n) is 8.44. The van der Waals surface area contributed by atoms with E-state index in [4.69, 9.17) is 4.74 Å². The van der Waals surface area contributed by atoms with Crippen molar-refractivity contribution in [3.63, 3.8) is 0 Å². The average molecular weight is 339 g/mol. The predicted molar refractivity (Wildman–Crippen MR) is 93.1 cm³/mol. The van der Waals surface area contributed by atoms with E-state index in [0.29, 0.717) is 26.3 Å². The van der Waals surface area contributed by atoms with Crippen LogP contribution >= 0.6 is 0 Å². The van der Waals surface area contributed by atoms with Gasteiger partial charge in [0, 0.05) is 25.8 Å². The first-order chi connectivity index (χ1) is 12.2. The van der Waals surface area contributed by atoms with E-state index in [1.165, 1.54) is 6.33 Å². The zero-order valence-electron chi connectivity index (χ0n) is 14.4. The topological polar surface area (TPSA) is 63.5 Å². The minimum atomic E-state index is -0.273. The number of benzene rings is 1. The Labute approximate surface area is 146 Å². The Kier molecular flexibility index (Phi) is 4.01. The van der Waals surface area contributed by atoms with Gasteiger partial charge in [-0.3, -0.25) is 4.79 Å². The van der Waals surface area contributed by atoms with Crippen molar-refractivity contribution < 1.29 is 9.53 Å². The van der Waals surface area contributed by atoms with Crippen LogP contribution in [0.1, 0.15) is 18.5 Å². The summed E-state index contributed by atoms with van der Waals surface area (Å²) in [5, 5.41) is 4.41. The maximum atomic E-state index is 13.3. The SMILES string of the molecule is CC1=C(C(=O)N2CCOCC2)C(c2ccccc2)n2ncnc2N1C. The molecule has 0 aliphatic carbocycles. The van der Waals surface area contributed by atoms with Crippen LogP contribution in [0.25, 0.3) is 0 Å². The summed E-state index contributed by atoms with van der Waals surface area (Å²) >= 11 is 0. The summed E-state index contributed by atoms with van der Waals surface area (Å²) in [6.07, 6.45) is 1.54. The van der Waals surface area contributed by atoms with Crippen molar-refractivity contribution in [2.24, 2.45) is 0 Å². The Hall–Kier alpha value is -2.67. The molecule has 0 N–H and O–H groups in total. The maximum absolute atomic E-state index is 13.3. The number of carbonyl (C=O) groups is 1. The number of hydrogen-bond donors (Lipinski definition) is 0. The van der Waals surface area contributed by atoms with Crippen LogP contribution in [0.5, 0.6) is 0 Å². The van der Waals surface area contributed by atoms with Crippen LogP contribution in [0.15, 0.2) is 47.9 Å². The fourth-order valence-corrected chi connectivity index (χ4v) is 3.47. The van der Waals surface area contributed by atoms with Gasteiger partial charge >= 0.3 is 0 Å². The van der Waals surface area contributed by atoms with Crippen LogP contribution in [0.2, 0.25) is 0 Å². The summed E-state index contributed by atoms with van der Waals surface area (Å²) in [6, 6.07) is 9.72. The third-order valence-electron chi connectivity index (χ3n) is 4.91. The van der Waals surface area contributed by atoms with Crippen LogP contribution in [0, 0.1) is 0 Å². The Morgan fingerprint density at radius 1 is 1.20 bits per heavy atom. The number of fused-ring (bicyclic) bond motifs is 1. The summed E-state index contributed by atoms with van der Waals surface area (Å²) in [5.41, 5.74) is 2.68. The average Bonchev–Trinajstić information content (AvgIpc) is 3.15. The highest BCUT2D eigenvalue weighted by atomic mass is 16.5. The van der Waals surface area contributed by atoms with Gasteiger partial charge in [0.1, 0.15) is 12.4 Å². The van der Waals surface area contributed by atoms with Gasteiger partial charge in [0.05, 0.1) is 18.8 Å². The van der Waals surface area contributed by atoms with Gasteiger partial charge in [-0.15, -0.1) is 0 Å². The fourth-order valence-electron chi connectivity index (χ4n) is 3.47. The minimum absolute atomic E-state index is 0.0441. The number of aromatic nitrogens is 3. The third kappa shape index (κ3) is 2.60. The maximum Gasteiger partial charge on any atom is 0.254 e. The van der Waals surface area contributed by atoms with Crippen molar-refractivity contribution in [3.05, 3.63) is 53.5 Å². The molecule has 1 unspecified atom stereocenters.